The number of amides is 2. The standard InChI is InChI=1S/C16H24N4O2S/c1-12-11-23-16(17-12)20-9-7-19(8-10-20)15(22)14-3-5-18(6-4-14)13(2)21/h11,14H,3-10H2,1-2H3. The van der Waals surface area contributed by atoms with Crippen LogP contribution in [0.5, 0.6) is 0 Å². The Bertz CT molecular complexity index is 572. The highest BCUT2D eigenvalue weighted by molar-refractivity contribution is 7.13. The van der Waals surface area contributed by atoms with Gasteiger partial charge in [0.2, 0.25) is 11.8 Å². The lowest BCUT2D eigenvalue weighted by atomic mass is 9.95. The fourth-order valence-corrected chi connectivity index (χ4v) is 4.16. The van der Waals surface area contributed by atoms with Crippen LogP contribution in [0.1, 0.15) is 25.5 Å². The molecular formula is C16H24N4O2S. The van der Waals surface area contributed by atoms with Crippen molar-refractivity contribution < 1.29 is 9.59 Å². The molecule has 6 nitrogen and oxygen atoms in total. The van der Waals surface area contributed by atoms with E-state index >= 15 is 0 Å². The summed E-state index contributed by atoms with van der Waals surface area (Å²) in [6.07, 6.45) is 1.59. The molecule has 2 aliphatic heterocycles. The lowest BCUT2D eigenvalue weighted by Crippen LogP contribution is -2.52. The number of thiazole rings is 1. The molecule has 126 valence electrons. The van der Waals surface area contributed by atoms with E-state index < -0.39 is 0 Å². The quantitative estimate of drug-likeness (QED) is 0.818. The summed E-state index contributed by atoms with van der Waals surface area (Å²) in [7, 11) is 0. The zero-order valence-electron chi connectivity index (χ0n) is 13.8. The van der Waals surface area contributed by atoms with Crippen molar-refractivity contribution in [1.29, 1.82) is 0 Å². The molecule has 0 aliphatic carbocycles. The molecule has 2 saturated heterocycles. The van der Waals surface area contributed by atoms with E-state index in [0.717, 1.165) is 49.8 Å². The number of hydrogen-bond acceptors (Lipinski definition) is 5. The molecule has 2 fully saturated rings. The molecule has 3 rings (SSSR count). The van der Waals surface area contributed by atoms with Gasteiger partial charge < -0.3 is 14.7 Å². The Morgan fingerprint density at radius 2 is 1.74 bits per heavy atom. The van der Waals surface area contributed by atoms with Crippen molar-refractivity contribution in [2.24, 2.45) is 5.92 Å². The van der Waals surface area contributed by atoms with E-state index in [0.29, 0.717) is 13.1 Å². The minimum atomic E-state index is 0.0826. The molecule has 0 aromatic carbocycles. The van der Waals surface area contributed by atoms with Crippen LogP contribution in [0.25, 0.3) is 0 Å². The topological polar surface area (TPSA) is 56.8 Å². The minimum Gasteiger partial charge on any atom is -0.345 e. The summed E-state index contributed by atoms with van der Waals surface area (Å²) in [6.45, 7) is 8.27. The van der Waals surface area contributed by atoms with Gasteiger partial charge in [0.25, 0.3) is 0 Å². The Hall–Kier alpha value is -1.63. The zero-order chi connectivity index (χ0) is 16.4. The molecule has 2 amide bonds. The summed E-state index contributed by atoms with van der Waals surface area (Å²) in [5.74, 6) is 0.464. The monoisotopic (exact) mass is 336 g/mol. The zero-order valence-corrected chi connectivity index (χ0v) is 14.6. The van der Waals surface area contributed by atoms with Gasteiger partial charge in [-0.25, -0.2) is 4.98 Å². The summed E-state index contributed by atoms with van der Waals surface area (Å²) in [5.41, 5.74) is 1.06. The highest BCUT2D eigenvalue weighted by Gasteiger charge is 2.31. The molecule has 0 bridgehead atoms. The Labute approximate surface area is 141 Å². The number of piperidine rings is 1. The van der Waals surface area contributed by atoms with E-state index in [4.69, 9.17) is 0 Å². The minimum absolute atomic E-state index is 0.0826. The van der Waals surface area contributed by atoms with Crippen molar-refractivity contribution in [3.05, 3.63) is 11.1 Å². The van der Waals surface area contributed by atoms with Crippen LogP contribution >= 0.6 is 11.3 Å². The molecule has 1 aromatic rings. The van der Waals surface area contributed by atoms with Crippen molar-refractivity contribution in [3.8, 4) is 0 Å². The third-order valence-corrected chi connectivity index (χ3v) is 5.78. The number of anilines is 1. The largest absolute Gasteiger partial charge is 0.345 e. The summed E-state index contributed by atoms with van der Waals surface area (Å²) in [4.78, 5) is 34.7. The molecule has 0 radical (unpaired) electrons. The van der Waals surface area contributed by atoms with Gasteiger partial charge in [-0.1, -0.05) is 0 Å². The fourth-order valence-electron chi connectivity index (χ4n) is 3.30. The number of nitrogens with zero attached hydrogens (tertiary/aromatic N) is 4. The van der Waals surface area contributed by atoms with E-state index in [1.165, 1.54) is 0 Å². The second kappa shape index (κ2) is 6.86. The maximum atomic E-state index is 12.7. The number of rotatable bonds is 2. The van der Waals surface area contributed by atoms with Crippen LogP contribution in [0.4, 0.5) is 5.13 Å². The van der Waals surface area contributed by atoms with Gasteiger partial charge in [-0.2, -0.15) is 0 Å². The third kappa shape index (κ3) is 3.65. The van der Waals surface area contributed by atoms with Gasteiger partial charge in [0.05, 0.1) is 5.69 Å². The van der Waals surface area contributed by atoms with Gasteiger partial charge in [-0.05, 0) is 19.8 Å². The number of hydrogen-bond donors (Lipinski definition) is 0. The van der Waals surface area contributed by atoms with Crippen LogP contribution in [0.2, 0.25) is 0 Å². The molecule has 0 atom stereocenters. The average molecular weight is 336 g/mol. The van der Waals surface area contributed by atoms with Crippen molar-refractivity contribution >= 4 is 28.3 Å². The van der Waals surface area contributed by atoms with Gasteiger partial charge >= 0.3 is 0 Å². The van der Waals surface area contributed by atoms with Crippen LogP contribution in [-0.4, -0.2) is 65.9 Å². The van der Waals surface area contributed by atoms with Crippen LogP contribution < -0.4 is 4.90 Å². The number of carbonyl (C=O) groups is 2. The smallest absolute Gasteiger partial charge is 0.225 e. The Balaban J connectivity index is 1.50. The summed E-state index contributed by atoms with van der Waals surface area (Å²) >= 11 is 1.67. The van der Waals surface area contributed by atoms with Gasteiger partial charge in [0, 0.05) is 57.5 Å². The normalized spacial score (nSPS) is 20.0. The Kier molecular flexibility index (Phi) is 4.84. The lowest BCUT2D eigenvalue weighted by molar-refractivity contribution is -0.140. The first-order chi connectivity index (χ1) is 11.0. The first kappa shape index (κ1) is 16.2. The number of piperazine rings is 1. The second-order valence-corrected chi connectivity index (χ2v) is 7.20. The number of aromatic nitrogens is 1. The first-order valence-electron chi connectivity index (χ1n) is 8.26. The molecule has 0 spiro atoms. The second-order valence-electron chi connectivity index (χ2n) is 6.36. The SMILES string of the molecule is CC(=O)N1CCC(C(=O)N2CCN(c3nc(C)cs3)CC2)CC1. The highest BCUT2D eigenvalue weighted by atomic mass is 32.1. The molecular weight excluding hydrogens is 312 g/mol. The number of likely N-dealkylation sites (tertiary alicyclic amines) is 1. The van der Waals surface area contributed by atoms with Crippen LogP contribution in [0, 0.1) is 12.8 Å². The Morgan fingerprint density at radius 3 is 2.26 bits per heavy atom. The van der Waals surface area contributed by atoms with Gasteiger partial charge in [-0.3, -0.25) is 9.59 Å². The van der Waals surface area contributed by atoms with Crippen molar-refractivity contribution in [2.75, 3.05) is 44.2 Å². The molecule has 3 heterocycles. The van der Waals surface area contributed by atoms with Crippen molar-refractivity contribution in [1.82, 2.24) is 14.8 Å². The maximum Gasteiger partial charge on any atom is 0.225 e. The summed E-state index contributed by atoms with van der Waals surface area (Å²) in [6, 6.07) is 0. The number of aryl methyl sites for hydroxylation is 1. The van der Waals surface area contributed by atoms with Gasteiger partial charge in [-0.15, -0.1) is 11.3 Å². The highest BCUT2D eigenvalue weighted by Crippen LogP contribution is 2.24. The van der Waals surface area contributed by atoms with Crippen molar-refractivity contribution in [3.63, 3.8) is 0 Å². The van der Waals surface area contributed by atoms with E-state index in [9.17, 15) is 9.59 Å². The average Bonchev–Trinajstić information content (AvgIpc) is 3.01. The molecule has 2 aliphatic rings. The van der Waals surface area contributed by atoms with Crippen LogP contribution in [0.15, 0.2) is 5.38 Å². The van der Waals surface area contributed by atoms with Gasteiger partial charge in [0.1, 0.15) is 0 Å². The summed E-state index contributed by atoms with van der Waals surface area (Å²) in [5, 5.41) is 3.12. The summed E-state index contributed by atoms with van der Waals surface area (Å²) < 4.78 is 0. The molecule has 0 N–H and O–H groups in total. The van der Waals surface area contributed by atoms with Crippen LogP contribution in [-0.2, 0) is 9.59 Å². The maximum absolute atomic E-state index is 12.7. The van der Waals surface area contributed by atoms with E-state index in [2.05, 4.69) is 15.3 Å². The van der Waals surface area contributed by atoms with Gasteiger partial charge in [0.15, 0.2) is 5.13 Å². The molecule has 0 unspecified atom stereocenters. The number of carbonyl (C=O) groups excluding carboxylic acids is 2. The lowest BCUT2D eigenvalue weighted by Gasteiger charge is -2.38. The van der Waals surface area contributed by atoms with E-state index in [1.807, 2.05) is 16.7 Å². The fraction of sp³-hybridized carbons (Fsp3) is 0.688. The predicted octanol–water partition coefficient (Wildman–Crippen LogP) is 1.36. The molecule has 7 heteroatoms. The first-order valence-corrected chi connectivity index (χ1v) is 9.14. The van der Waals surface area contributed by atoms with E-state index in [1.54, 1.807) is 18.3 Å². The molecule has 1 aromatic heterocycles. The van der Waals surface area contributed by atoms with Crippen LogP contribution in [0.3, 0.4) is 0 Å². The molecule has 23 heavy (non-hydrogen) atoms. The Morgan fingerprint density at radius 1 is 1.09 bits per heavy atom. The third-order valence-electron chi connectivity index (χ3n) is 4.76. The van der Waals surface area contributed by atoms with Crippen molar-refractivity contribution in [2.45, 2.75) is 26.7 Å². The predicted molar refractivity (Wildman–Crippen MR) is 90.6 cm³/mol. The van der Waals surface area contributed by atoms with E-state index in [-0.39, 0.29) is 17.7 Å². The molecule has 0 saturated carbocycles.